The number of urea groups is 1. The molecular weight excluding hydrogens is 584 g/mol. The predicted molar refractivity (Wildman–Crippen MR) is 176 cm³/mol. The van der Waals surface area contributed by atoms with Crippen LogP contribution in [0.4, 0.5) is 4.79 Å². The van der Waals surface area contributed by atoms with Crippen LogP contribution in [0.5, 0.6) is 0 Å². The fraction of sp³-hybridized carbons (Fsp3) is 0.730. The number of ether oxygens (including phenoxy) is 1. The second kappa shape index (κ2) is 10.8. The van der Waals surface area contributed by atoms with Crippen molar-refractivity contribution in [3.8, 4) is 0 Å². The van der Waals surface area contributed by atoms with Crippen molar-refractivity contribution >= 4 is 23.2 Å². The topological polar surface area (TPSA) is 99.1 Å². The number of rotatable bonds is 7. The lowest BCUT2D eigenvalue weighted by Gasteiger charge is -2.71. The van der Waals surface area contributed by atoms with Crippen LogP contribution >= 0.6 is 11.3 Å². The molecule has 1 aromatic rings. The van der Waals surface area contributed by atoms with Gasteiger partial charge in [-0.05, 0) is 108 Å². The predicted octanol–water partition coefficient (Wildman–Crippen LogP) is 6.43. The Morgan fingerprint density at radius 1 is 1.07 bits per heavy atom. The van der Waals surface area contributed by atoms with Crippen molar-refractivity contribution in [3.05, 3.63) is 45.7 Å². The number of nitrogens with one attached hydrogen (secondary N) is 1. The molecule has 2 spiro atoms. The Hall–Kier alpha value is -2.00. The monoisotopic (exact) mass is 636 g/mol. The summed E-state index contributed by atoms with van der Waals surface area (Å²) in [5.41, 5.74) is -1.61. The summed E-state index contributed by atoms with van der Waals surface area (Å²) in [4.78, 5) is 31.9. The standard InChI is InChI=1S/C37H52N2O5S/c1-23(2)38-32(42)39(21-26-7-6-18-44-26)22-36(43)15-12-30-34(36,5)14-11-29-33(4)13-10-25(40)19-35(33)16-17-37(29,30)27(20-35)31(41)28-9-8-24(3)45-28/h8-9,16-17,20,23,25-26,29-30,40,43H,6-7,10-15,18-19,21-22H2,1-5H3,(H,38,42)/t25?,26-,29-,30-,33-,34+,35+,36-,37-/m1/s1. The normalized spacial score (nSPS) is 43.1. The number of carbonyl (C=O) groups excluding carboxylic acids is 2. The van der Waals surface area contributed by atoms with E-state index in [0.717, 1.165) is 66.9 Å². The van der Waals surface area contributed by atoms with E-state index in [1.807, 2.05) is 37.8 Å². The molecule has 8 rings (SSSR count). The van der Waals surface area contributed by atoms with Crippen molar-refractivity contribution in [1.82, 2.24) is 10.2 Å². The summed E-state index contributed by atoms with van der Waals surface area (Å²) in [6.07, 6.45) is 14.1. The van der Waals surface area contributed by atoms with E-state index in [2.05, 4.69) is 37.4 Å². The summed E-state index contributed by atoms with van der Waals surface area (Å²) in [6.45, 7) is 12.1. The van der Waals surface area contributed by atoms with Gasteiger partial charge in [-0.2, -0.15) is 0 Å². The average molecular weight is 637 g/mol. The molecule has 246 valence electrons. The zero-order valence-corrected chi connectivity index (χ0v) is 28.5. The lowest BCUT2D eigenvalue weighted by atomic mass is 9.32. The first-order valence-electron chi connectivity index (χ1n) is 17.4. The van der Waals surface area contributed by atoms with Crippen molar-refractivity contribution in [2.75, 3.05) is 19.7 Å². The number of ketones is 1. The van der Waals surface area contributed by atoms with E-state index in [4.69, 9.17) is 4.74 Å². The van der Waals surface area contributed by atoms with E-state index in [9.17, 15) is 19.8 Å². The molecule has 8 heteroatoms. The molecule has 3 saturated carbocycles. The van der Waals surface area contributed by atoms with Gasteiger partial charge in [0.1, 0.15) is 0 Å². The number of aryl methyl sites for hydroxylation is 1. The lowest BCUT2D eigenvalue weighted by molar-refractivity contribution is -0.175. The molecule has 7 aliphatic rings. The summed E-state index contributed by atoms with van der Waals surface area (Å²) >= 11 is 1.56. The molecule has 1 saturated heterocycles. The highest BCUT2D eigenvalue weighted by Gasteiger charge is 2.74. The first-order chi connectivity index (χ1) is 21.3. The van der Waals surface area contributed by atoms with E-state index < -0.39 is 16.4 Å². The smallest absolute Gasteiger partial charge is 0.317 e. The maximum absolute atomic E-state index is 14.6. The first kappa shape index (κ1) is 31.6. The second-order valence-electron chi connectivity index (χ2n) is 16.2. The molecule has 0 radical (unpaired) electrons. The van der Waals surface area contributed by atoms with E-state index >= 15 is 0 Å². The summed E-state index contributed by atoms with van der Waals surface area (Å²) < 4.78 is 5.96. The van der Waals surface area contributed by atoms with Crippen LogP contribution in [0.3, 0.4) is 0 Å². The van der Waals surface area contributed by atoms with Crippen molar-refractivity contribution in [1.29, 1.82) is 0 Å². The first-order valence-corrected chi connectivity index (χ1v) is 18.2. The Labute approximate surface area is 272 Å². The molecule has 6 aliphatic carbocycles. The van der Waals surface area contributed by atoms with Gasteiger partial charge in [0, 0.05) is 45.9 Å². The maximum atomic E-state index is 14.6. The van der Waals surface area contributed by atoms with E-state index in [-0.39, 0.29) is 59.3 Å². The highest BCUT2D eigenvalue weighted by molar-refractivity contribution is 7.14. The van der Waals surface area contributed by atoms with Crippen molar-refractivity contribution in [2.45, 2.75) is 116 Å². The third kappa shape index (κ3) is 4.51. The third-order valence-electron chi connectivity index (χ3n) is 13.5. The summed E-state index contributed by atoms with van der Waals surface area (Å²) in [5, 5.41) is 26.9. The molecule has 1 aliphatic heterocycles. The summed E-state index contributed by atoms with van der Waals surface area (Å²) in [5.74, 6) is 0.418. The van der Waals surface area contributed by atoms with Crippen LogP contribution in [-0.2, 0) is 4.74 Å². The highest BCUT2D eigenvalue weighted by Crippen LogP contribution is 2.78. The molecule has 2 amide bonds. The SMILES string of the molecule is Cc1ccc(C(=O)C2=C[C@@]34C=C[C@@]25[C@@H]2CC[C@@](O)(CN(C[C@H]6CCCO6)C(=O)NC(C)C)[C@@]2(C)CC[C@@H]5[C@@]3(C)CCC(O)C4)s1. The number of thiophene rings is 1. The van der Waals surface area contributed by atoms with Gasteiger partial charge < -0.3 is 25.2 Å². The van der Waals surface area contributed by atoms with Gasteiger partial charge in [-0.25, -0.2) is 4.79 Å². The van der Waals surface area contributed by atoms with E-state index in [1.165, 1.54) is 0 Å². The highest BCUT2D eigenvalue weighted by atomic mass is 32.1. The van der Waals surface area contributed by atoms with Crippen molar-refractivity contribution in [3.63, 3.8) is 0 Å². The Morgan fingerprint density at radius 3 is 2.49 bits per heavy atom. The Bertz CT molecular complexity index is 1430. The van der Waals surface area contributed by atoms with Crippen LogP contribution < -0.4 is 5.32 Å². The molecule has 3 N–H and O–H groups in total. The summed E-state index contributed by atoms with van der Waals surface area (Å²) in [7, 11) is 0. The number of carbonyl (C=O) groups is 2. The number of amides is 2. The largest absolute Gasteiger partial charge is 0.393 e. The number of aliphatic hydroxyl groups is 2. The Kier molecular flexibility index (Phi) is 7.55. The van der Waals surface area contributed by atoms with Gasteiger partial charge in [-0.15, -0.1) is 11.3 Å². The van der Waals surface area contributed by atoms with Gasteiger partial charge in [0.15, 0.2) is 5.78 Å². The molecule has 7 nitrogen and oxygen atoms in total. The lowest BCUT2D eigenvalue weighted by Crippen LogP contribution is -2.67. The number of nitrogens with zero attached hydrogens (tertiary/aromatic N) is 1. The van der Waals surface area contributed by atoms with E-state index in [1.54, 1.807) is 11.3 Å². The molecular formula is C37H52N2O5S. The molecule has 9 atom stereocenters. The molecule has 1 aromatic heterocycles. The molecule has 4 fully saturated rings. The van der Waals surface area contributed by atoms with Crippen LogP contribution in [-0.4, -0.2) is 70.5 Å². The number of allylic oxidation sites excluding steroid dienone is 4. The average Bonchev–Trinajstić information content (AvgIpc) is 3.72. The molecule has 45 heavy (non-hydrogen) atoms. The Morgan fingerprint density at radius 2 is 1.80 bits per heavy atom. The number of fused-ring (bicyclic) bond motifs is 1. The van der Waals surface area contributed by atoms with Crippen LogP contribution in [0, 0.1) is 40.4 Å². The van der Waals surface area contributed by atoms with Crippen LogP contribution in [0.1, 0.15) is 100 Å². The number of hydrogen-bond donors (Lipinski definition) is 3. The van der Waals surface area contributed by atoms with Crippen LogP contribution in [0.25, 0.3) is 0 Å². The van der Waals surface area contributed by atoms with Crippen molar-refractivity contribution < 1.29 is 24.5 Å². The van der Waals surface area contributed by atoms with Gasteiger partial charge in [0.25, 0.3) is 0 Å². The molecule has 2 bridgehead atoms. The Balaban J connectivity index is 1.30. The van der Waals surface area contributed by atoms with E-state index in [0.29, 0.717) is 19.4 Å². The van der Waals surface area contributed by atoms with Crippen LogP contribution in [0.2, 0.25) is 0 Å². The van der Waals surface area contributed by atoms with Gasteiger partial charge in [0.2, 0.25) is 0 Å². The third-order valence-corrected chi connectivity index (χ3v) is 14.5. The summed E-state index contributed by atoms with van der Waals surface area (Å²) in [6, 6.07) is 3.84. The van der Waals surface area contributed by atoms with Gasteiger partial charge in [-0.1, -0.05) is 32.1 Å². The zero-order chi connectivity index (χ0) is 32.0. The number of aliphatic hydroxyl groups excluding tert-OH is 1. The minimum absolute atomic E-state index is 0.00962. The minimum atomic E-state index is -1.10. The minimum Gasteiger partial charge on any atom is -0.393 e. The molecule has 2 heterocycles. The van der Waals surface area contributed by atoms with Gasteiger partial charge in [0.05, 0.1) is 29.2 Å². The quantitative estimate of drug-likeness (QED) is 0.237. The second-order valence-corrected chi connectivity index (χ2v) is 17.5. The van der Waals surface area contributed by atoms with Crippen molar-refractivity contribution in [2.24, 2.45) is 33.5 Å². The maximum Gasteiger partial charge on any atom is 0.317 e. The number of Topliss-reactive ketones (excluding diaryl/α,β-unsaturated/α-hetero) is 1. The fourth-order valence-electron chi connectivity index (χ4n) is 11.2. The van der Waals surface area contributed by atoms with Crippen LogP contribution in [0.15, 0.2) is 35.9 Å². The molecule has 1 unspecified atom stereocenters. The zero-order valence-electron chi connectivity index (χ0n) is 27.7. The number of hydrogen-bond acceptors (Lipinski definition) is 6. The van der Waals surface area contributed by atoms with Gasteiger partial charge >= 0.3 is 6.03 Å². The fourth-order valence-corrected chi connectivity index (χ4v) is 12.0. The van der Waals surface area contributed by atoms with Gasteiger partial charge in [-0.3, -0.25) is 4.79 Å². The molecule has 0 aromatic carbocycles.